The quantitative estimate of drug-likeness (QED) is 0.372. The van der Waals surface area contributed by atoms with Crippen LogP contribution in [-0.2, 0) is 11.3 Å². The van der Waals surface area contributed by atoms with E-state index in [-0.39, 0.29) is 5.56 Å². The Bertz CT molecular complexity index is 1150. The number of halogens is 2. The van der Waals surface area contributed by atoms with Crippen LogP contribution < -0.4 is 4.72 Å². The molecule has 0 saturated carbocycles. The van der Waals surface area contributed by atoms with E-state index in [1.807, 2.05) is 13.0 Å². The summed E-state index contributed by atoms with van der Waals surface area (Å²) >= 11 is -2.83. The van der Waals surface area contributed by atoms with Crippen molar-refractivity contribution < 1.29 is 22.3 Å². The number of H-pyrrole nitrogens is 1. The minimum absolute atomic E-state index is 0.00191. The Morgan fingerprint density at radius 2 is 2.14 bits per heavy atom. The van der Waals surface area contributed by atoms with Gasteiger partial charge in [0, 0.05) is 40.2 Å². The van der Waals surface area contributed by atoms with Crippen molar-refractivity contribution in [2.24, 2.45) is 0 Å². The Balaban J connectivity index is 2.15. The predicted octanol–water partition coefficient (Wildman–Crippen LogP) is 3.87. The molecule has 0 amide bonds. The third-order valence-electron chi connectivity index (χ3n) is 4.15. The summed E-state index contributed by atoms with van der Waals surface area (Å²) in [4.78, 5) is 19.9. The fourth-order valence-corrected chi connectivity index (χ4v) is 3.15. The molecule has 6 nitrogen and oxygen atoms in total. The van der Waals surface area contributed by atoms with Gasteiger partial charge in [-0.05, 0) is 30.7 Å². The zero-order chi connectivity index (χ0) is 20.4. The second kappa shape index (κ2) is 7.83. The van der Waals surface area contributed by atoms with Crippen molar-refractivity contribution in [3.63, 3.8) is 0 Å². The highest BCUT2D eigenvalue weighted by atomic mass is 32.2. The first kappa shape index (κ1) is 19.6. The second-order valence-electron chi connectivity index (χ2n) is 5.72. The number of fused-ring (bicyclic) bond motifs is 1. The summed E-state index contributed by atoms with van der Waals surface area (Å²) < 4.78 is 52.2. The van der Waals surface area contributed by atoms with E-state index in [2.05, 4.69) is 16.5 Å². The number of carbonyl (C=O) groups excluding carboxylic acids is 1. The normalized spacial score (nSPS) is 12.8. The number of nitrogens with one attached hydrogen (secondary N) is 2. The monoisotopic (exact) mass is 402 g/mol. The van der Waals surface area contributed by atoms with Gasteiger partial charge in [0.2, 0.25) is 5.78 Å². The maximum Gasteiger partial charge on any atom is 0.201 e. The molecule has 2 N–H and O–H groups in total. The Morgan fingerprint density at radius 3 is 2.79 bits per heavy atom. The average Bonchev–Trinajstić information content (AvgIpc) is 3.08. The predicted molar refractivity (Wildman–Crippen MR) is 102 cm³/mol. The van der Waals surface area contributed by atoms with E-state index in [0.29, 0.717) is 16.6 Å². The molecule has 1 unspecified atom stereocenters. The molecular weight excluding hydrogens is 388 g/mol. The van der Waals surface area contributed by atoms with Crippen molar-refractivity contribution >= 4 is 39.3 Å². The summed E-state index contributed by atoms with van der Waals surface area (Å²) in [7, 11) is 0. The fraction of sp³-hybridized carbons (Fsp3) is 0.0526. The van der Waals surface area contributed by atoms with Crippen LogP contribution in [0.1, 0.15) is 28.4 Å². The molecule has 0 aliphatic heterocycles. The number of benzene rings is 1. The summed E-state index contributed by atoms with van der Waals surface area (Å²) in [5.74, 6) is -3.35. The van der Waals surface area contributed by atoms with Gasteiger partial charge < -0.3 is 14.3 Å². The molecule has 0 saturated heterocycles. The van der Waals surface area contributed by atoms with E-state index in [1.54, 1.807) is 23.1 Å². The van der Waals surface area contributed by atoms with E-state index in [1.165, 1.54) is 6.20 Å². The van der Waals surface area contributed by atoms with Crippen LogP contribution in [-0.4, -0.2) is 24.5 Å². The Labute approximate surface area is 161 Å². The number of hydrogen-bond acceptors (Lipinski definition) is 4. The van der Waals surface area contributed by atoms with Gasteiger partial charge in [0.25, 0.3) is 0 Å². The molecular formula is C19H14F2N3O3S-. The number of aromatic nitrogens is 2. The van der Waals surface area contributed by atoms with E-state index in [9.17, 15) is 22.3 Å². The molecule has 2 aromatic heterocycles. The molecule has 0 spiro atoms. The second-order valence-corrected chi connectivity index (χ2v) is 6.39. The lowest BCUT2D eigenvalue weighted by atomic mass is 10.00. The van der Waals surface area contributed by atoms with E-state index < -0.39 is 39.9 Å². The van der Waals surface area contributed by atoms with Gasteiger partial charge in [0.05, 0.1) is 11.3 Å². The van der Waals surface area contributed by atoms with Gasteiger partial charge in [-0.25, -0.2) is 13.8 Å². The summed E-state index contributed by atoms with van der Waals surface area (Å²) in [5, 5.41) is 0.369. The molecule has 9 heteroatoms. The highest BCUT2D eigenvalue weighted by Crippen LogP contribution is 2.28. The van der Waals surface area contributed by atoms with Crippen LogP contribution in [0.5, 0.6) is 0 Å². The van der Waals surface area contributed by atoms with Crippen LogP contribution in [0.2, 0.25) is 0 Å². The number of hydrogen-bond donors (Lipinski definition) is 2. The first-order chi connectivity index (χ1) is 13.4. The molecule has 2 heterocycles. The van der Waals surface area contributed by atoms with Crippen LogP contribution in [0, 0.1) is 11.6 Å². The number of carbonyl (C=O) groups is 1. The summed E-state index contributed by atoms with van der Waals surface area (Å²) in [6, 6.07) is 3.38. The topological polar surface area (TPSA) is 97.9 Å². The minimum Gasteiger partial charge on any atom is -0.755 e. The lowest BCUT2D eigenvalue weighted by Crippen LogP contribution is -2.11. The maximum atomic E-state index is 14.6. The number of pyridine rings is 1. The first-order valence-corrected chi connectivity index (χ1v) is 9.09. The van der Waals surface area contributed by atoms with Gasteiger partial charge in [-0.1, -0.05) is 18.7 Å². The van der Waals surface area contributed by atoms with Crippen molar-refractivity contribution in [2.75, 3.05) is 4.72 Å². The standard InChI is InChI=1S/C19H15F2N3O3S/c1-3-10(4-2)11-7-12-13(9-23-19(12)22-8-11)18(25)16-14(20)5-6-15(17(16)21)24-28(26)27/h3-9,24H,1H2,2H3,(H,22,23)(H,26,27)/p-1/b10-4+. The van der Waals surface area contributed by atoms with Gasteiger partial charge >= 0.3 is 0 Å². The van der Waals surface area contributed by atoms with E-state index >= 15 is 0 Å². The lowest BCUT2D eigenvalue weighted by Gasteiger charge is -2.12. The van der Waals surface area contributed by atoms with Crippen molar-refractivity contribution in [3.05, 3.63) is 77.6 Å². The van der Waals surface area contributed by atoms with Crippen LogP contribution in [0.4, 0.5) is 14.5 Å². The van der Waals surface area contributed by atoms with Crippen LogP contribution in [0.25, 0.3) is 16.6 Å². The molecule has 0 aliphatic carbocycles. The average molecular weight is 402 g/mol. The number of nitrogens with zero attached hydrogens (tertiary/aromatic N) is 1. The van der Waals surface area contributed by atoms with Crippen LogP contribution in [0.3, 0.4) is 0 Å². The van der Waals surface area contributed by atoms with Gasteiger partial charge in [-0.2, -0.15) is 0 Å². The largest absolute Gasteiger partial charge is 0.755 e. The molecule has 144 valence electrons. The third-order valence-corrected chi connectivity index (χ3v) is 4.54. The summed E-state index contributed by atoms with van der Waals surface area (Å²) in [6.45, 7) is 5.52. The molecule has 0 bridgehead atoms. The highest BCUT2D eigenvalue weighted by molar-refractivity contribution is 7.80. The van der Waals surface area contributed by atoms with Gasteiger partial charge in [-0.15, -0.1) is 0 Å². The number of rotatable bonds is 6. The Hall–Kier alpha value is -3.17. The van der Waals surface area contributed by atoms with Gasteiger partial charge in [0.15, 0.2) is 5.82 Å². The molecule has 3 aromatic rings. The molecule has 0 radical (unpaired) electrons. The number of allylic oxidation sites excluding steroid dienone is 3. The van der Waals surface area contributed by atoms with E-state index in [4.69, 9.17) is 0 Å². The van der Waals surface area contributed by atoms with Crippen LogP contribution in [0.15, 0.2) is 49.3 Å². The first-order valence-electron chi connectivity index (χ1n) is 8.02. The zero-order valence-corrected chi connectivity index (χ0v) is 15.4. The Kier molecular flexibility index (Phi) is 5.48. The number of anilines is 1. The highest BCUT2D eigenvalue weighted by Gasteiger charge is 2.24. The zero-order valence-electron chi connectivity index (χ0n) is 14.6. The third kappa shape index (κ3) is 3.49. The molecule has 0 aliphatic rings. The van der Waals surface area contributed by atoms with Crippen LogP contribution >= 0.6 is 0 Å². The maximum absolute atomic E-state index is 14.6. The van der Waals surface area contributed by atoms with E-state index in [0.717, 1.165) is 17.7 Å². The van der Waals surface area contributed by atoms with Crippen molar-refractivity contribution in [1.82, 2.24) is 9.97 Å². The van der Waals surface area contributed by atoms with Crippen molar-refractivity contribution in [1.29, 1.82) is 0 Å². The molecule has 1 aromatic carbocycles. The molecule has 1 atom stereocenters. The smallest absolute Gasteiger partial charge is 0.201 e. The number of ketones is 1. The summed E-state index contributed by atoms with van der Waals surface area (Å²) in [6.07, 6.45) is 6.31. The van der Waals surface area contributed by atoms with Crippen molar-refractivity contribution in [3.8, 4) is 0 Å². The molecule has 3 rings (SSSR count). The summed E-state index contributed by atoms with van der Waals surface area (Å²) in [5.41, 5.74) is 0.424. The van der Waals surface area contributed by atoms with Gasteiger partial charge in [0.1, 0.15) is 11.5 Å². The minimum atomic E-state index is -2.83. The van der Waals surface area contributed by atoms with Gasteiger partial charge in [-0.3, -0.25) is 9.00 Å². The van der Waals surface area contributed by atoms with Crippen molar-refractivity contribution in [2.45, 2.75) is 6.92 Å². The SMILES string of the molecule is C=C/C(=C\C)c1cnc2[nH]cc(C(=O)c3c(F)ccc(NS(=O)[O-])c3F)c2c1. The molecule has 28 heavy (non-hydrogen) atoms. The fourth-order valence-electron chi connectivity index (χ4n) is 2.82. The Morgan fingerprint density at radius 1 is 1.39 bits per heavy atom. The molecule has 0 fully saturated rings. The lowest BCUT2D eigenvalue weighted by molar-refractivity contribution is 0.103. The number of aromatic amines is 1.